The zero-order valence-corrected chi connectivity index (χ0v) is 9.57. The van der Waals surface area contributed by atoms with Crippen LogP contribution in [0.5, 0.6) is 0 Å². The van der Waals surface area contributed by atoms with Gasteiger partial charge in [-0.2, -0.15) is 0 Å². The van der Waals surface area contributed by atoms with Crippen LogP contribution in [0.2, 0.25) is 0 Å². The van der Waals surface area contributed by atoms with Crippen molar-refractivity contribution in [2.75, 3.05) is 13.7 Å². The second-order valence-electron chi connectivity index (χ2n) is 3.89. The molecule has 1 heterocycles. The topological polar surface area (TPSA) is 38.3 Å². The van der Waals surface area contributed by atoms with Crippen LogP contribution in [-0.2, 0) is 9.53 Å². The molecule has 0 aromatic heterocycles. The molecular formula is C13H14FNO2. The van der Waals surface area contributed by atoms with Gasteiger partial charge in [-0.1, -0.05) is 24.3 Å². The van der Waals surface area contributed by atoms with Crippen molar-refractivity contribution in [3.05, 3.63) is 47.3 Å². The molecule has 1 aliphatic rings. The van der Waals surface area contributed by atoms with Crippen molar-refractivity contribution >= 4 is 5.97 Å². The molecule has 0 saturated heterocycles. The van der Waals surface area contributed by atoms with Crippen LogP contribution in [-0.4, -0.2) is 19.6 Å². The Labute approximate surface area is 99.3 Å². The van der Waals surface area contributed by atoms with Crippen molar-refractivity contribution in [3.8, 4) is 0 Å². The van der Waals surface area contributed by atoms with Gasteiger partial charge in [0.15, 0.2) is 0 Å². The number of nitrogens with one attached hydrogen (secondary N) is 1. The monoisotopic (exact) mass is 235 g/mol. The van der Waals surface area contributed by atoms with E-state index >= 15 is 0 Å². The van der Waals surface area contributed by atoms with Crippen LogP contribution in [0, 0.1) is 5.82 Å². The van der Waals surface area contributed by atoms with E-state index < -0.39 is 0 Å². The fraction of sp³-hybridized carbons (Fsp3) is 0.308. The van der Waals surface area contributed by atoms with Gasteiger partial charge in [0.1, 0.15) is 5.82 Å². The Morgan fingerprint density at radius 2 is 2.24 bits per heavy atom. The van der Waals surface area contributed by atoms with Gasteiger partial charge in [0.25, 0.3) is 0 Å². The zero-order valence-electron chi connectivity index (χ0n) is 9.57. The molecule has 17 heavy (non-hydrogen) atoms. The summed E-state index contributed by atoms with van der Waals surface area (Å²) in [6.07, 6.45) is 2.34. The summed E-state index contributed by atoms with van der Waals surface area (Å²) in [6.45, 7) is 0.639. The zero-order chi connectivity index (χ0) is 12.3. The molecule has 0 radical (unpaired) electrons. The van der Waals surface area contributed by atoms with E-state index in [0.29, 0.717) is 24.1 Å². The van der Waals surface area contributed by atoms with Gasteiger partial charge >= 0.3 is 5.97 Å². The number of halogens is 1. The van der Waals surface area contributed by atoms with Crippen LogP contribution in [0.25, 0.3) is 0 Å². The number of hydrogen-bond donors (Lipinski definition) is 1. The van der Waals surface area contributed by atoms with Crippen LogP contribution in [0.15, 0.2) is 35.9 Å². The quantitative estimate of drug-likeness (QED) is 0.796. The minimum atomic E-state index is -0.340. The van der Waals surface area contributed by atoms with Gasteiger partial charge in [0.05, 0.1) is 13.2 Å². The Morgan fingerprint density at radius 1 is 1.47 bits per heavy atom. The Hall–Kier alpha value is -1.68. The highest BCUT2D eigenvalue weighted by Crippen LogP contribution is 2.23. The smallest absolute Gasteiger partial charge is 0.333 e. The maximum Gasteiger partial charge on any atom is 0.333 e. The summed E-state index contributed by atoms with van der Waals surface area (Å²) in [5.41, 5.74) is 1.15. The van der Waals surface area contributed by atoms with Gasteiger partial charge in [-0.3, -0.25) is 0 Å². The Morgan fingerprint density at radius 3 is 2.94 bits per heavy atom. The van der Waals surface area contributed by atoms with E-state index in [0.717, 1.165) is 0 Å². The van der Waals surface area contributed by atoms with E-state index in [1.54, 1.807) is 24.3 Å². The van der Waals surface area contributed by atoms with Crippen LogP contribution in [0.4, 0.5) is 4.39 Å². The average Bonchev–Trinajstić information content (AvgIpc) is 2.38. The Kier molecular flexibility index (Phi) is 3.54. The standard InChI is InChI=1S/C13H14FNO2/c1-17-13(16)9-6-7-15-12(8-9)10-4-2-3-5-11(10)14/h2-5,8,12,15H,6-7H2,1H3. The molecule has 0 bridgehead atoms. The molecular weight excluding hydrogens is 221 g/mol. The summed E-state index contributed by atoms with van der Waals surface area (Å²) in [5.74, 6) is -0.611. The van der Waals surface area contributed by atoms with Crippen molar-refractivity contribution in [1.82, 2.24) is 5.32 Å². The van der Waals surface area contributed by atoms with E-state index in [4.69, 9.17) is 0 Å². The van der Waals surface area contributed by atoms with Crippen molar-refractivity contribution in [2.24, 2.45) is 0 Å². The van der Waals surface area contributed by atoms with E-state index in [1.807, 2.05) is 0 Å². The lowest BCUT2D eigenvalue weighted by Crippen LogP contribution is -2.28. The van der Waals surface area contributed by atoms with Gasteiger partial charge < -0.3 is 10.1 Å². The second kappa shape index (κ2) is 5.10. The predicted octanol–water partition coefficient (Wildman–Crippen LogP) is 1.96. The third-order valence-electron chi connectivity index (χ3n) is 2.81. The molecule has 0 saturated carbocycles. The molecule has 0 spiro atoms. The maximum atomic E-state index is 13.6. The summed E-state index contributed by atoms with van der Waals surface area (Å²) in [5, 5.41) is 3.16. The molecule has 2 rings (SSSR count). The molecule has 3 nitrogen and oxygen atoms in total. The lowest BCUT2D eigenvalue weighted by molar-refractivity contribution is -0.136. The van der Waals surface area contributed by atoms with E-state index in [2.05, 4.69) is 10.1 Å². The highest BCUT2D eigenvalue weighted by molar-refractivity contribution is 5.88. The minimum absolute atomic E-state index is 0.265. The van der Waals surface area contributed by atoms with Crippen LogP contribution >= 0.6 is 0 Å². The summed E-state index contributed by atoms with van der Waals surface area (Å²) in [4.78, 5) is 11.4. The fourth-order valence-corrected chi connectivity index (χ4v) is 1.93. The Bertz CT molecular complexity index is 456. The number of ether oxygens (including phenoxy) is 1. The predicted molar refractivity (Wildman–Crippen MR) is 61.9 cm³/mol. The molecule has 0 aliphatic carbocycles. The van der Waals surface area contributed by atoms with Gasteiger partial charge in [-0.15, -0.1) is 0 Å². The molecule has 1 unspecified atom stereocenters. The first-order valence-electron chi connectivity index (χ1n) is 5.49. The molecule has 4 heteroatoms. The molecule has 1 atom stereocenters. The van der Waals surface area contributed by atoms with E-state index in [1.165, 1.54) is 13.2 Å². The minimum Gasteiger partial charge on any atom is -0.466 e. The van der Waals surface area contributed by atoms with Gasteiger partial charge in [0, 0.05) is 17.7 Å². The Balaban J connectivity index is 2.28. The van der Waals surface area contributed by atoms with Gasteiger partial charge in [-0.05, 0) is 12.5 Å². The third-order valence-corrected chi connectivity index (χ3v) is 2.81. The number of rotatable bonds is 2. The summed E-state index contributed by atoms with van der Waals surface area (Å²) in [6, 6.07) is 6.28. The molecule has 90 valence electrons. The van der Waals surface area contributed by atoms with E-state index in [-0.39, 0.29) is 17.8 Å². The van der Waals surface area contributed by atoms with Crippen molar-refractivity contribution in [1.29, 1.82) is 0 Å². The summed E-state index contributed by atoms with van der Waals surface area (Å²) >= 11 is 0. The summed E-state index contributed by atoms with van der Waals surface area (Å²) < 4.78 is 18.3. The number of carbonyl (C=O) groups is 1. The normalized spacial score (nSPS) is 19.6. The highest BCUT2D eigenvalue weighted by atomic mass is 19.1. The first-order chi connectivity index (χ1) is 8.22. The third kappa shape index (κ3) is 2.53. The first kappa shape index (κ1) is 11.8. The molecule has 1 aromatic rings. The number of carbonyl (C=O) groups excluding carboxylic acids is 1. The fourth-order valence-electron chi connectivity index (χ4n) is 1.93. The summed E-state index contributed by atoms with van der Waals surface area (Å²) in [7, 11) is 1.35. The van der Waals surface area contributed by atoms with Crippen molar-refractivity contribution in [3.63, 3.8) is 0 Å². The lowest BCUT2D eigenvalue weighted by Gasteiger charge is -2.22. The number of benzene rings is 1. The lowest BCUT2D eigenvalue weighted by atomic mass is 9.98. The van der Waals surface area contributed by atoms with Gasteiger partial charge in [0.2, 0.25) is 0 Å². The molecule has 0 fully saturated rings. The van der Waals surface area contributed by atoms with Crippen LogP contribution in [0.3, 0.4) is 0 Å². The maximum absolute atomic E-state index is 13.6. The molecule has 1 N–H and O–H groups in total. The van der Waals surface area contributed by atoms with E-state index in [9.17, 15) is 9.18 Å². The van der Waals surface area contributed by atoms with Crippen LogP contribution < -0.4 is 5.32 Å². The number of methoxy groups -OCH3 is 1. The van der Waals surface area contributed by atoms with Crippen molar-refractivity contribution in [2.45, 2.75) is 12.5 Å². The second-order valence-corrected chi connectivity index (χ2v) is 3.89. The number of esters is 1. The largest absolute Gasteiger partial charge is 0.466 e. The van der Waals surface area contributed by atoms with Gasteiger partial charge in [-0.25, -0.2) is 9.18 Å². The van der Waals surface area contributed by atoms with Crippen molar-refractivity contribution < 1.29 is 13.9 Å². The molecule has 1 aromatic carbocycles. The average molecular weight is 235 g/mol. The number of hydrogen-bond acceptors (Lipinski definition) is 3. The SMILES string of the molecule is COC(=O)C1=CC(c2ccccc2F)NCC1. The molecule has 1 aliphatic heterocycles. The van der Waals surface area contributed by atoms with Crippen LogP contribution in [0.1, 0.15) is 18.0 Å². The first-order valence-corrected chi connectivity index (χ1v) is 5.49. The highest BCUT2D eigenvalue weighted by Gasteiger charge is 2.21. The molecule has 0 amide bonds.